The van der Waals surface area contributed by atoms with Crippen molar-refractivity contribution in [2.75, 3.05) is 0 Å². The summed E-state index contributed by atoms with van der Waals surface area (Å²) in [7, 11) is 0. The van der Waals surface area contributed by atoms with Gasteiger partial charge in [-0.1, -0.05) is 32.9 Å². The van der Waals surface area contributed by atoms with Gasteiger partial charge >= 0.3 is 0 Å². The summed E-state index contributed by atoms with van der Waals surface area (Å²) < 4.78 is 1.14. The molecule has 1 heterocycles. The molecule has 80 valence electrons. The van der Waals surface area contributed by atoms with Crippen molar-refractivity contribution in [1.82, 2.24) is 4.98 Å². The Hall–Kier alpha value is -0.760. The van der Waals surface area contributed by atoms with Crippen LogP contribution in [0.25, 0.3) is 10.9 Å². The smallest absolute Gasteiger partial charge is 0.0601 e. The van der Waals surface area contributed by atoms with Crippen molar-refractivity contribution in [3.8, 4) is 0 Å². The number of nitrogens with one attached hydrogen (secondary N) is 1. The maximum Gasteiger partial charge on any atom is 0.0601 e. The highest BCUT2D eigenvalue weighted by Crippen LogP contribution is 2.34. The standard InChI is InChI=1S/C13H16BrN/c1-4-13(2,3)10-8-15-12-9(10)6-5-7-11(12)14/h5-8,15H,4H2,1-3H3. The minimum Gasteiger partial charge on any atom is -0.360 e. The van der Waals surface area contributed by atoms with Gasteiger partial charge in [0.2, 0.25) is 0 Å². The summed E-state index contributed by atoms with van der Waals surface area (Å²) in [6, 6.07) is 6.35. The van der Waals surface area contributed by atoms with Crippen LogP contribution in [0.2, 0.25) is 0 Å². The number of aromatic nitrogens is 1. The SMILES string of the molecule is CCC(C)(C)c1c[nH]c2c(Br)cccc12. The Morgan fingerprint density at radius 2 is 2.07 bits per heavy atom. The molecule has 0 radical (unpaired) electrons. The van der Waals surface area contributed by atoms with Crippen molar-refractivity contribution in [3.05, 3.63) is 34.4 Å². The molecule has 1 aromatic heterocycles. The summed E-state index contributed by atoms with van der Waals surface area (Å²) >= 11 is 3.57. The molecule has 1 N–H and O–H groups in total. The molecule has 2 heteroatoms. The molecule has 1 aromatic carbocycles. The van der Waals surface area contributed by atoms with E-state index in [0.717, 1.165) is 10.9 Å². The molecule has 0 aliphatic rings. The predicted octanol–water partition coefficient (Wildman–Crippen LogP) is 4.62. The van der Waals surface area contributed by atoms with E-state index in [1.165, 1.54) is 16.5 Å². The molecule has 0 fully saturated rings. The van der Waals surface area contributed by atoms with Crippen LogP contribution in [0.5, 0.6) is 0 Å². The number of benzene rings is 1. The van der Waals surface area contributed by atoms with Crippen molar-refractivity contribution >= 4 is 26.8 Å². The number of para-hydroxylation sites is 1. The van der Waals surface area contributed by atoms with E-state index < -0.39 is 0 Å². The number of hydrogen-bond acceptors (Lipinski definition) is 0. The molecule has 0 spiro atoms. The van der Waals surface area contributed by atoms with Crippen molar-refractivity contribution in [2.24, 2.45) is 0 Å². The van der Waals surface area contributed by atoms with Crippen LogP contribution in [-0.2, 0) is 5.41 Å². The van der Waals surface area contributed by atoms with E-state index >= 15 is 0 Å². The van der Waals surface area contributed by atoms with Gasteiger partial charge in [-0.25, -0.2) is 0 Å². The first-order chi connectivity index (χ1) is 7.06. The lowest BCUT2D eigenvalue weighted by molar-refractivity contribution is 0.510. The number of H-pyrrole nitrogens is 1. The second kappa shape index (κ2) is 3.67. The van der Waals surface area contributed by atoms with Crippen LogP contribution in [0.1, 0.15) is 32.8 Å². The largest absolute Gasteiger partial charge is 0.360 e. The topological polar surface area (TPSA) is 15.8 Å². The molecule has 15 heavy (non-hydrogen) atoms. The average Bonchev–Trinajstić information content (AvgIpc) is 2.63. The van der Waals surface area contributed by atoms with Gasteiger partial charge in [0.1, 0.15) is 0 Å². The zero-order valence-corrected chi connectivity index (χ0v) is 11.0. The normalized spacial score (nSPS) is 12.3. The minimum absolute atomic E-state index is 0.235. The molecule has 1 nitrogen and oxygen atoms in total. The molecule has 2 rings (SSSR count). The summed E-state index contributed by atoms with van der Waals surface area (Å²) in [6.07, 6.45) is 3.28. The van der Waals surface area contributed by atoms with Gasteiger partial charge < -0.3 is 4.98 Å². The van der Waals surface area contributed by atoms with E-state index in [4.69, 9.17) is 0 Å². The number of aromatic amines is 1. The number of fused-ring (bicyclic) bond motifs is 1. The molecule has 0 atom stereocenters. The average molecular weight is 266 g/mol. The fourth-order valence-corrected chi connectivity index (χ4v) is 2.35. The summed E-state index contributed by atoms with van der Waals surface area (Å²) in [6.45, 7) is 6.81. The third kappa shape index (κ3) is 1.71. The molecule has 0 saturated carbocycles. The molecule has 0 unspecified atom stereocenters. The lowest BCUT2D eigenvalue weighted by Gasteiger charge is -2.22. The molecular weight excluding hydrogens is 250 g/mol. The van der Waals surface area contributed by atoms with Crippen molar-refractivity contribution in [1.29, 1.82) is 0 Å². The number of rotatable bonds is 2. The Bertz CT molecular complexity index is 482. The first kappa shape index (κ1) is 10.7. The summed E-state index contributed by atoms with van der Waals surface area (Å²) in [5.41, 5.74) is 2.84. The maximum atomic E-state index is 3.57. The van der Waals surface area contributed by atoms with Crippen molar-refractivity contribution < 1.29 is 0 Å². The zero-order chi connectivity index (χ0) is 11.1. The Morgan fingerprint density at radius 1 is 1.33 bits per heavy atom. The highest BCUT2D eigenvalue weighted by molar-refractivity contribution is 9.10. The van der Waals surface area contributed by atoms with Gasteiger partial charge in [0.05, 0.1) is 5.52 Å². The van der Waals surface area contributed by atoms with Crippen molar-refractivity contribution in [3.63, 3.8) is 0 Å². The van der Waals surface area contributed by atoms with Gasteiger partial charge in [-0.2, -0.15) is 0 Å². The van der Waals surface area contributed by atoms with Crippen LogP contribution in [0, 0.1) is 0 Å². The van der Waals surface area contributed by atoms with Crippen LogP contribution in [-0.4, -0.2) is 4.98 Å². The maximum absolute atomic E-state index is 3.57. The minimum atomic E-state index is 0.235. The van der Waals surface area contributed by atoms with Crippen molar-refractivity contribution in [2.45, 2.75) is 32.6 Å². The Kier molecular flexibility index (Phi) is 2.63. The quantitative estimate of drug-likeness (QED) is 0.816. The van der Waals surface area contributed by atoms with E-state index in [-0.39, 0.29) is 5.41 Å². The van der Waals surface area contributed by atoms with E-state index in [2.05, 4.69) is 66.1 Å². The number of halogens is 1. The highest BCUT2D eigenvalue weighted by Gasteiger charge is 2.21. The summed E-state index contributed by atoms with van der Waals surface area (Å²) in [5.74, 6) is 0. The van der Waals surface area contributed by atoms with Crippen LogP contribution in [0.4, 0.5) is 0 Å². The molecule has 0 aliphatic heterocycles. The fourth-order valence-electron chi connectivity index (χ4n) is 1.87. The van der Waals surface area contributed by atoms with E-state index in [9.17, 15) is 0 Å². The van der Waals surface area contributed by atoms with Gasteiger partial charge in [-0.15, -0.1) is 0 Å². The number of hydrogen-bond donors (Lipinski definition) is 1. The Balaban J connectivity index is 2.69. The third-order valence-electron chi connectivity index (χ3n) is 3.28. The van der Waals surface area contributed by atoms with Crippen LogP contribution in [0.15, 0.2) is 28.9 Å². The van der Waals surface area contributed by atoms with E-state index in [1.54, 1.807) is 0 Å². The molecule has 2 aromatic rings. The lowest BCUT2D eigenvalue weighted by Crippen LogP contribution is -2.14. The van der Waals surface area contributed by atoms with Gasteiger partial charge in [0.25, 0.3) is 0 Å². The highest BCUT2D eigenvalue weighted by atomic mass is 79.9. The molecule has 0 amide bonds. The van der Waals surface area contributed by atoms with Crippen LogP contribution in [0.3, 0.4) is 0 Å². The Morgan fingerprint density at radius 3 is 2.73 bits per heavy atom. The lowest BCUT2D eigenvalue weighted by atomic mass is 9.82. The van der Waals surface area contributed by atoms with Gasteiger partial charge in [-0.3, -0.25) is 0 Å². The first-order valence-corrected chi connectivity index (χ1v) is 6.11. The van der Waals surface area contributed by atoms with Gasteiger partial charge in [-0.05, 0) is 39.4 Å². The second-order valence-corrected chi connectivity index (χ2v) is 5.46. The zero-order valence-electron chi connectivity index (χ0n) is 9.39. The van der Waals surface area contributed by atoms with Gasteiger partial charge in [0, 0.05) is 16.1 Å². The monoisotopic (exact) mass is 265 g/mol. The molecule has 0 aliphatic carbocycles. The van der Waals surface area contributed by atoms with E-state index in [0.29, 0.717) is 0 Å². The second-order valence-electron chi connectivity index (χ2n) is 4.60. The van der Waals surface area contributed by atoms with E-state index in [1.807, 2.05) is 0 Å². The fraction of sp³-hybridized carbons (Fsp3) is 0.385. The summed E-state index contributed by atoms with van der Waals surface area (Å²) in [4.78, 5) is 3.35. The van der Waals surface area contributed by atoms with Crippen LogP contribution < -0.4 is 0 Å². The van der Waals surface area contributed by atoms with Crippen LogP contribution >= 0.6 is 15.9 Å². The molecular formula is C13H16BrN. The molecule has 0 saturated heterocycles. The predicted molar refractivity (Wildman–Crippen MR) is 69.3 cm³/mol. The Labute approximate surface area is 99.0 Å². The third-order valence-corrected chi connectivity index (χ3v) is 3.94. The summed E-state index contributed by atoms with van der Waals surface area (Å²) in [5, 5.41) is 1.33. The first-order valence-electron chi connectivity index (χ1n) is 5.32. The molecule has 0 bridgehead atoms. The van der Waals surface area contributed by atoms with Gasteiger partial charge in [0.15, 0.2) is 0 Å².